The quantitative estimate of drug-likeness (QED) is 0.826. The third-order valence-corrected chi connectivity index (χ3v) is 3.09. The van der Waals surface area contributed by atoms with Gasteiger partial charge in [0.25, 0.3) is 0 Å². The van der Waals surface area contributed by atoms with Crippen molar-refractivity contribution < 1.29 is 8.78 Å². The van der Waals surface area contributed by atoms with E-state index in [1.54, 1.807) is 0 Å². The van der Waals surface area contributed by atoms with Crippen molar-refractivity contribution in [3.63, 3.8) is 0 Å². The molecule has 0 aliphatic heterocycles. The first-order valence-electron chi connectivity index (χ1n) is 6.08. The van der Waals surface area contributed by atoms with Gasteiger partial charge in [0.15, 0.2) is 0 Å². The molecule has 0 spiro atoms. The smallest absolute Gasteiger partial charge is 0.127 e. The molecule has 2 rings (SSSR count). The van der Waals surface area contributed by atoms with Crippen molar-refractivity contribution in [3.8, 4) is 0 Å². The highest BCUT2D eigenvalue weighted by molar-refractivity contribution is 5.19. The summed E-state index contributed by atoms with van der Waals surface area (Å²) in [5, 5.41) is 0. The zero-order valence-electron chi connectivity index (χ0n) is 9.83. The van der Waals surface area contributed by atoms with E-state index in [4.69, 9.17) is 5.73 Å². The molecule has 1 saturated carbocycles. The van der Waals surface area contributed by atoms with Gasteiger partial charge < -0.3 is 5.73 Å². The van der Waals surface area contributed by atoms with Crippen molar-refractivity contribution in [2.75, 3.05) is 13.1 Å². The molecule has 94 valence electrons. The lowest BCUT2D eigenvalue weighted by Gasteiger charge is -2.22. The molecule has 0 radical (unpaired) electrons. The highest BCUT2D eigenvalue weighted by Crippen LogP contribution is 2.28. The Morgan fingerprint density at radius 2 is 2.06 bits per heavy atom. The molecule has 1 aromatic rings. The highest BCUT2D eigenvalue weighted by atomic mass is 19.1. The largest absolute Gasteiger partial charge is 0.330 e. The van der Waals surface area contributed by atoms with Crippen LogP contribution in [-0.2, 0) is 6.54 Å². The molecule has 0 unspecified atom stereocenters. The molecule has 1 fully saturated rings. The Morgan fingerprint density at radius 1 is 1.29 bits per heavy atom. The summed E-state index contributed by atoms with van der Waals surface area (Å²) in [7, 11) is 0. The molecule has 4 heteroatoms. The van der Waals surface area contributed by atoms with E-state index in [9.17, 15) is 8.78 Å². The number of nitrogens with two attached hydrogens (primary N) is 1. The third-order valence-electron chi connectivity index (χ3n) is 3.09. The van der Waals surface area contributed by atoms with E-state index in [0.29, 0.717) is 24.7 Å². The predicted octanol–water partition coefficient (Wildman–Crippen LogP) is 2.28. The Morgan fingerprint density at radius 3 is 2.71 bits per heavy atom. The maximum Gasteiger partial charge on any atom is 0.127 e. The lowest BCUT2D eigenvalue weighted by atomic mass is 10.2. The van der Waals surface area contributed by atoms with E-state index in [1.165, 1.54) is 12.1 Å². The molecule has 0 heterocycles. The number of rotatable bonds is 6. The van der Waals surface area contributed by atoms with E-state index in [-0.39, 0.29) is 11.6 Å². The van der Waals surface area contributed by atoms with E-state index >= 15 is 0 Å². The van der Waals surface area contributed by atoms with Gasteiger partial charge in [-0.1, -0.05) is 0 Å². The fourth-order valence-corrected chi connectivity index (χ4v) is 2.01. The number of hydrogen-bond donors (Lipinski definition) is 1. The van der Waals surface area contributed by atoms with Gasteiger partial charge in [0.2, 0.25) is 0 Å². The Kier molecular flexibility index (Phi) is 4.07. The Hall–Kier alpha value is -1.00. The van der Waals surface area contributed by atoms with Crippen molar-refractivity contribution >= 4 is 0 Å². The van der Waals surface area contributed by atoms with Gasteiger partial charge in [-0.3, -0.25) is 4.90 Å². The number of hydrogen-bond acceptors (Lipinski definition) is 2. The molecule has 0 bridgehead atoms. The van der Waals surface area contributed by atoms with Crippen molar-refractivity contribution in [2.24, 2.45) is 5.73 Å². The van der Waals surface area contributed by atoms with E-state index in [2.05, 4.69) is 4.90 Å². The second kappa shape index (κ2) is 5.56. The minimum atomic E-state index is -0.379. The van der Waals surface area contributed by atoms with Gasteiger partial charge in [-0.25, -0.2) is 8.78 Å². The standard InChI is InChI=1S/C13H18F2N2/c14-11-2-5-13(15)10(8-11)9-17(7-1-6-16)12-3-4-12/h2,5,8,12H,1,3-4,6-7,9,16H2. The minimum absolute atomic E-state index is 0.329. The molecule has 0 atom stereocenters. The van der Waals surface area contributed by atoms with Gasteiger partial charge >= 0.3 is 0 Å². The van der Waals surface area contributed by atoms with Crippen LogP contribution in [0.1, 0.15) is 24.8 Å². The van der Waals surface area contributed by atoms with E-state index in [0.717, 1.165) is 31.9 Å². The molecule has 0 aromatic heterocycles. The van der Waals surface area contributed by atoms with Crippen LogP contribution in [0, 0.1) is 11.6 Å². The normalized spacial score (nSPS) is 15.5. The van der Waals surface area contributed by atoms with Crippen molar-refractivity contribution in [3.05, 3.63) is 35.4 Å². The monoisotopic (exact) mass is 240 g/mol. The van der Waals surface area contributed by atoms with Crippen LogP contribution in [0.2, 0.25) is 0 Å². The fourth-order valence-electron chi connectivity index (χ4n) is 2.01. The van der Waals surface area contributed by atoms with Crippen LogP contribution in [0.25, 0.3) is 0 Å². The average molecular weight is 240 g/mol. The van der Waals surface area contributed by atoms with Crippen LogP contribution < -0.4 is 5.73 Å². The van der Waals surface area contributed by atoms with Gasteiger partial charge in [0, 0.05) is 18.2 Å². The van der Waals surface area contributed by atoms with E-state index < -0.39 is 0 Å². The SMILES string of the molecule is NCCCN(Cc1cc(F)ccc1F)C1CC1. The summed E-state index contributed by atoms with van der Waals surface area (Å²) < 4.78 is 26.6. The highest BCUT2D eigenvalue weighted by Gasteiger charge is 2.28. The lowest BCUT2D eigenvalue weighted by Crippen LogP contribution is -2.28. The van der Waals surface area contributed by atoms with Crippen LogP contribution in [0.15, 0.2) is 18.2 Å². The fraction of sp³-hybridized carbons (Fsp3) is 0.538. The second-order valence-electron chi connectivity index (χ2n) is 4.58. The lowest BCUT2D eigenvalue weighted by molar-refractivity contribution is 0.249. The molecule has 0 amide bonds. The molecule has 1 aliphatic carbocycles. The summed E-state index contributed by atoms with van der Waals surface area (Å²) in [6.07, 6.45) is 3.20. The van der Waals surface area contributed by atoms with Crippen molar-refractivity contribution in [1.82, 2.24) is 4.90 Å². The van der Waals surface area contributed by atoms with Crippen LogP contribution in [-0.4, -0.2) is 24.0 Å². The summed E-state index contributed by atoms with van der Waals surface area (Å²) >= 11 is 0. The predicted molar refractivity (Wildman–Crippen MR) is 63.5 cm³/mol. The zero-order valence-corrected chi connectivity index (χ0v) is 9.83. The van der Waals surface area contributed by atoms with Crippen LogP contribution in [0.4, 0.5) is 8.78 Å². The molecular formula is C13H18F2N2. The Labute approximate surface area is 100 Å². The molecule has 0 saturated heterocycles. The topological polar surface area (TPSA) is 29.3 Å². The summed E-state index contributed by atoms with van der Waals surface area (Å²) in [4.78, 5) is 2.20. The van der Waals surface area contributed by atoms with Crippen LogP contribution >= 0.6 is 0 Å². The molecular weight excluding hydrogens is 222 g/mol. The molecule has 1 aromatic carbocycles. The third kappa shape index (κ3) is 3.48. The minimum Gasteiger partial charge on any atom is -0.330 e. The van der Waals surface area contributed by atoms with E-state index in [1.807, 2.05) is 0 Å². The van der Waals surface area contributed by atoms with Gasteiger partial charge in [-0.05, 0) is 50.6 Å². The van der Waals surface area contributed by atoms with Gasteiger partial charge in [-0.2, -0.15) is 0 Å². The zero-order chi connectivity index (χ0) is 12.3. The van der Waals surface area contributed by atoms with Crippen molar-refractivity contribution in [2.45, 2.75) is 31.8 Å². The first kappa shape index (κ1) is 12.5. The second-order valence-corrected chi connectivity index (χ2v) is 4.58. The van der Waals surface area contributed by atoms with Gasteiger partial charge in [0.05, 0.1) is 0 Å². The van der Waals surface area contributed by atoms with Gasteiger partial charge in [-0.15, -0.1) is 0 Å². The number of benzene rings is 1. The summed E-state index contributed by atoms with van der Waals surface area (Å²) in [5.74, 6) is -0.708. The first-order valence-corrected chi connectivity index (χ1v) is 6.08. The summed E-state index contributed by atoms with van der Waals surface area (Å²) in [5.41, 5.74) is 5.92. The summed E-state index contributed by atoms with van der Waals surface area (Å²) in [6.45, 7) is 1.97. The Balaban J connectivity index is 2.03. The summed E-state index contributed by atoms with van der Waals surface area (Å²) in [6, 6.07) is 4.16. The maximum absolute atomic E-state index is 13.5. The molecule has 2 nitrogen and oxygen atoms in total. The van der Waals surface area contributed by atoms with Crippen molar-refractivity contribution in [1.29, 1.82) is 0 Å². The Bertz CT molecular complexity index is 378. The maximum atomic E-state index is 13.5. The first-order chi connectivity index (χ1) is 8.20. The van der Waals surface area contributed by atoms with Crippen LogP contribution in [0.5, 0.6) is 0 Å². The van der Waals surface area contributed by atoms with Gasteiger partial charge in [0.1, 0.15) is 11.6 Å². The average Bonchev–Trinajstić information content (AvgIpc) is 3.13. The molecule has 1 aliphatic rings. The molecule has 2 N–H and O–H groups in total. The van der Waals surface area contributed by atoms with Crippen LogP contribution in [0.3, 0.4) is 0 Å². The number of halogens is 2. The number of nitrogens with zero attached hydrogens (tertiary/aromatic N) is 1. The molecule has 17 heavy (non-hydrogen) atoms.